The Bertz CT molecular complexity index is 1350. The highest BCUT2D eigenvalue weighted by Crippen LogP contribution is 2.37. The van der Waals surface area contributed by atoms with Crippen LogP contribution in [0.15, 0.2) is 71.3 Å². The topological polar surface area (TPSA) is 81.9 Å². The highest BCUT2D eigenvalue weighted by molar-refractivity contribution is 8.15. The maximum Gasteiger partial charge on any atom is 0.293 e. The summed E-state index contributed by atoms with van der Waals surface area (Å²) < 4.78 is 18.1. The van der Waals surface area contributed by atoms with Gasteiger partial charge >= 0.3 is 0 Å². The summed E-state index contributed by atoms with van der Waals surface area (Å²) in [5.41, 5.74) is 2.59. The van der Waals surface area contributed by atoms with E-state index in [1.165, 1.54) is 16.7 Å². The van der Waals surface area contributed by atoms with Crippen LogP contribution in [0.4, 0.5) is 4.79 Å². The van der Waals surface area contributed by atoms with Crippen LogP contribution in [0.25, 0.3) is 22.8 Å². The molecule has 2 aromatic carbocycles. The van der Waals surface area contributed by atoms with Crippen molar-refractivity contribution in [2.45, 2.75) is 76.3 Å². The zero-order valence-electron chi connectivity index (χ0n) is 23.8. The van der Waals surface area contributed by atoms with Crippen LogP contribution >= 0.6 is 11.8 Å². The number of hydrogen-bond donors (Lipinski definition) is 0. The Morgan fingerprint density at radius 2 is 1.90 bits per heavy atom. The molecular weight excluding hydrogens is 536 g/mol. The Kier molecular flexibility index (Phi) is 9.96. The molecule has 216 valence electrons. The summed E-state index contributed by atoms with van der Waals surface area (Å²) in [6.45, 7) is 2.43. The van der Waals surface area contributed by atoms with Crippen LogP contribution in [0.5, 0.6) is 5.75 Å². The molecule has 2 heterocycles. The fraction of sp³-hybridized carbons (Fsp3) is 0.424. The molecule has 3 aromatic rings. The standard InChI is InChI=1S/C33H38N2O5S/c1-3-4-8-19-35-32(36)29(41-33(35)37)18-17-23-11-9-16-27(20-23)39-22-28-30(24-12-6-5-7-13-24)40-31(34-28)25-14-10-15-26(21-25)38-2/h5-8,10,12-15,19,21,23,27,29H,3-4,9,11,16-18,20,22H2,1-2H3/t23-,27-,29?/m1/s1. The Labute approximate surface area is 246 Å². The normalized spacial score (nSPS) is 21.2. The number of amides is 2. The van der Waals surface area contributed by atoms with E-state index in [0.29, 0.717) is 18.4 Å². The van der Waals surface area contributed by atoms with Gasteiger partial charge in [-0.1, -0.05) is 80.4 Å². The number of aromatic nitrogens is 1. The highest BCUT2D eigenvalue weighted by atomic mass is 32.2. The molecule has 3 atom stereocenters. The number of rotatable bonds is 12. The number of imide groups is 1. The number of hydrogen-bond acceptors (Lipinski definition) is 7. The first kappa shape index (κ1) is 29.1. The molecule has 1 unspecified atom stereocenters. The van der Waals surface area contributed by atoms with Crippen LogP contribution < -0.4 is 4.74 Å². The number of ether oxygens (including phenoxy) is 2. The molecule has 8 heteroatoms. The molecule has 41 heavy (non-hydrogen) atoms. The van der Waals surface area contributed by atoms with Crippen LogP contribution in [-0.4, -0.2) is 39.5 Å². The molecule has 7 nitrogen and oxygen atoms in total. The zero-order valence-corrected chi connectivity index (χ0v) is 24.6. The van der Waals surface area contributed by atoms with Gasteiger partial charge in [-0.25, -0.2) is 9.88 Å². The van der Waals surface area contributed by atoms with Crippen LogP contribution in [0.1, 0.15) is 64.0 Å². The second-order valence-electron chi connectivity index (χ2n) is 10.7. The molecule has 1 aromatic heterocycles. The second-order valence-corrected chi connectivity index (χ2v) is 11.8. The Balaban J connectivity index is 1.20. The largest absolute Gasteiger partial charge is 0.497 e. The van der Waals surface area contributed by atoms with Crippen LogP contribution in [0, 0.1) is 5.92 Å². The third-order valence-corrected chi connectivity index (χ3v) is 8.86. The Morgan fingerprint density at radius 3 is 2.71 bits per heavy atom. The first-order valence-corrected chi connectivity index (χ1v) is 15.4. The van der Waals surface area contributed by atoms with E-state index in [-0.39, 0.29) is 22.5 Å². The predicted molar refractivity (Wildman–Crippen MR) is 161 cm³/mol. The van der Waals surface area contributed by atoms with E-state index in [1.807, 2.05) is 60.7 Å². The number of thioether (sulfide) groups is 1. The quantitative estimate of drug-likeness (QED) is 0.215. The molecule has 5 rings (SSSR count). The highest BCUT2D eigenvalue weighted by Gasteiger charge is 2.38. The first-order chi connectivity index (χ1) is 20.1. The SMILES string of the molecule is CCCC=CN1C(=O)SC(CC[C@H]2CCC[C@@H](OCc3nc(-c4cccc(OC)c4)oc3-c3ccccc3)C2)C1=O. The molecule has 1 aliphatic carbocycles. The van der Waals surface area contributed by atoms with Crippen molar-refractivity contribution in [2.24, 2.45) is 5.92 Å². The summed E-state index contributed by atoms with van der Waals surface area (Å²) in [7, 11) is 1.64. The van der Waals surface area contributed by atoms with Crippen molar-refractivity contribution in [2.75, 3.05) is 7.11 Å². The molecule has 2 amide bonds. The number of benzene rings is 2. The van der Waals surface area contributed by atoms with Gasteiger partial charge in [-0.15, -0.1) is 0 Å². The van der Waals surface area contributed by atoms with E-state index < -0.39 is 0 Å². The van der Waals surface area contributed by atoms with Gasteiger partial charge in [0.25, 0.3) is 5.24 Å². The number of oxazole rings is 1. The van der Waals surface area contributed by atoms with E-state index in [1.54, 1.807) is 13.3 Å². The van der Waals surface area contributed by atoms with Gasteiger partial charge in [-0.2, -0.15) is 0 Å². The van der Waals surface area contributed by atoms with E-state index in [0.717, 1.165) is 79.7 Å². The van der Waals surface area contributed by atoms with Gasteiger partial charge in [0, 0.05) is 17.3 Å². The van der Waals surface area contributed by atoms with Crippen LogP contribution in [0.3, 0.4) is 0 Å². The summed E-state index contributed by atoms with van der Waals surface area (Å²) in [6, 6.07) is 17.7. The molecule has 0 spiro atoms. The molecular formula is C33H38N2O5S. The lowest BCUT2D eigenvalue weighted by molar-refractivity contribution is -0.124. The van der Waals surface area contributed by atoms with E-state index in [9.17, 15) is 9.59 Å². The summed E-state index contributed by atoms with van der Waals surface area (Å²) in [5, 5.41) is -0.444. The van der Waals surface area contributed by atoms with Gasteiger partial charge in [-0.3, -0.25) is 9.59 Å². The number of carbonyl (C=O) groups is 2. The number of allylic oxidation sites excluding steroid dienone is 1. The van der Waals surface area contributed by atoms with Crippen molar-refractivity contribution in [1.29, 1.82) is 0 Å². The third kappa shape index (κ3) is 7.29. The van der Waals surface area contributed by atoms with Gasteiger partial charge in [-0.05, 0) is 56.2 Å². The summed E-state index contributed by atoms with van der Waals surface area (Å²) in [6.07, 6.45) is 11.3. The number of nitrogens with zero attached hydrogens (tertiary/aromatic N) is 2. The van der Waals surface area contributed by atoms with Gasteiger partial charge in [0.2, 0.25) is 11.8 Å². The monoisotopic (exact) mass is 574 g/mol. The minimum Gasteiger partial charge on any atom is -0.497 e. The van der Waals surface area contributed by atoms with Crippen molar-refractivity contribution in [1.82, 2.24) is 9.88 Å². The molecule has 0 radical (unpaired) electrons. The van der Waals surface area contributed by atoms with Gasteiger partial charge in [0.05, 0.1) is 25.1 Å². The number of carbonyl (C=O) groups excluding carboxylic acids is 2. The lowest BCUT2D eigenvalue weighted by Crippen LogP contribution is -2.27. The zero-order chi connectivity index (χ0) is 28.6. The van der Waals surface area contributed by atoms with Crippen LogP contribution in [0.2, 0.25) is 0 Å². The summed E-state index contributed by atoms with van der Waals surface area (Å²) in [5.74, 6) is 2.39. The van der Waals surface area contributed by atoms with Crippen molar-refractivity contribution in [3.63, 3.8) is 0 Å². The van der Waals surface area contributed by atoms with Crippen molar-refractivity contribution < 1.29 is 23.5 Å². The molecule has 0 N–H and O–H groups in total. The molecule has 1 aliphatic heterocycles. The Morgan fingerprint density at radius 1 is 1.07 bits per heavy atom. The first-order valence-electron chi connectivity index (χ1n) is 14.6. The summed E-state index contributed by atoms with van der Waals surface area (Å²) in [4.78, 5) is 31.3. The maximum absolute atomic E-state index is 12.8. The van der Waals surface area contributed by atoms with Gasteiger partial charge in [0.15, 0.2) is 5.76 Å². The van der Waals surface area contributed by atoms with E-state index in [4.69, 9.17) is 18.9 Å². The molecule has 0 bridgehead atoms. The molecule has 1 saturated heterocycles. The third-order valence-electron chi connectivity index (χ3n) is 7.74. The lowest BCUT2D eigenvalue weighted by atomic mass is 9.84. The maximum atomic E-state index is 12.8. The number of unbranched alkanes of at least 4 members (excludes halogenated alkanes) is 1. The predicted octanol–water partition coefficient (Wildman–Crippen LogP) is 8.25. The molecule has 2 fully saturated rings. The van der Waals surface area contributed by atoms with Crippen molar-refractivity contribution in [3.05, 3.63) is 72.6 Å². The number of methoxy groups -OCH3 is 1. The lowest BCUT2D eigenvalue weighted by Gasteiger charge is -2.29. The summed E-state index contributed by atoms with van der Waals surface area (Å²) >= 11 is 1.17. The smallest absolute Gasteiger partial charge is 0.293 e. The van der Waals surface area contributed by atoms with Gasteiger partial charge < -0.3 is 13.9 Å². The minimum absolute atomic E-state index is 0.0812. The average Bonchev–Trinajstić information content (AvgIpc) is 3.56. The second kappa shape index (κ2) is 14.0. The van der Waals surface area contributed by atoms with E-state index >= 15 is 0 Å². The molecule has 1 saturated carbocycles. The van der Waals surface area contributed by atoms with Crippen LogP contribution in [-0.2, 0) is 16.1 Å². The minimum atomic E-state index is -0.284. The average molecular weight is 575 g/mol. The van der Waals surface area contributed by atoms with Gasteiger partial charge in [0.1, 0.15) is 11.4 Å². The van der Waals surface area contributed by atoms with Crippen molar-refractivity contribution >= 4 is 22.9 Å². The fourth-order valence-corrected chi connectivity index (χ4v) is 6.50. The fourth-order valence-electron chi connectivity index (χ4n) is 5.52. The molecule has 2 aliphatic rings. The Hall–Kier alpha value is -3.36. The van der Waals surface area contributed by atoms with Crippen molar-refractivity contribution in [3.8, 4) is 28.5 Å². The van der Waals surface area contributed by atoms with E-state index in [2.05, 4.69) is 6.92 Å².